The molecular formula is C23H39IN4O3. The predicted octanol–water partition coefficient (Wildman–Crippen LogP) is 2.11. The Morgan fingerprint density at radius 2 is 1.90 bits per heavy atom. The first kappa shape index (κ1) is 26.3. The van der Waals surface area contributed by atoms with Gasteiger partial charge in [-0.1, -0.05) is 24.3 Å². The SMILES string of the molecule is CCNC(=NCc1ccc(CN2CCC(O)CC2)cc1)NCC1(CCO)CCOC1.I. The fourth-order valence-corrected chi connectivity index (χ4v) is 4.18. The second-order valence-electron chi connectivity index (χ2n) is 8.65. The number of guanidine groups is 1. The van der Waals surface area contributed by atoms with E-state index in [0.717, 1.165) is 71.0 Å². The molecule has 3 rings (SSSR count). The summed E-state index contributed by atoms with van der Waals surface area (Å²) in [6.07, 6.45) is 3.34. The van der Waals surface area contributed by atoms with Crippen molar-refractivity contribution in [2.24, 2.45) is 10.4 Å². The van der Waals surface area contributed by atoms with Crippen LogP contribution < -0.4 is 10.6 Å². The number of piperidine rings is 1. The molecule has 7 nitrogen and oxygen atoms in total. The summed E-state index contributed by atoms with van der Waals surface area (Å²) in [6, 6.07) is 8.67. The molecule has 0 radical (unpaired) electrons. The van der Waals surface area contributed by atoms with Gasteiger partial charge in [0, 0.05) is 51.4 Å². The van der Waals surface area contributed by atoms with E-state index in [0.29, 0.717) is 13.2 Å². The molecule has 1 aromatic rings. The van der Waals surface area contributed by atoms with E-state index in [1.807, 2.05) is 0 Å². The molecule has 0 aliphatic carbocycles. The summed E-state index contributed by atoms with van der Waals surface area (Å²) in [5.74, 6) is 0.803. The lowest BCUT2D eigenvalue weighted by Gasteiger charge is -2.29. The van der Waals surface area contributed by atoms with Gasteiger partial charge in [0.25, 0.3) is 0 Å². The number of aliphatic imine (C=N–C) groups is 1. The van der Waals surface area contributed by atoms with E-state index >= 15 is 0 Å². The van der Waals surface area contributed by atoms with Gasteiger partial charge < -0.3 is 25.6 Å². The van der Waals surface area contributed by atoms with E-state index in [9.17, 15) is 10.2 Å². The molecule has 0 bridgehead atoms. The zero-order valence-electron chi connectivity index (χ0n) is 18.7. The summed E-state index contributed by atoms with van der Waals surface area (Å²) in [5.41, 5.74) is 2.48. The van der Waals surface area contributed by atoms with Crippen molar-refractivity contribution in [3.05, 3.63) is 35.4 Å². The summed E-state index contributed by atoms with van der Waals surface area (Å²) in [7, 11) is 0. The number of nitrogens with one attached hydrogen (secondary N) is 2. The van der Waals surface area contributed by atoms with Gasteiger partial charge in [-0.3, -0.25) is 4.90 Å². The minimum Gasteiger partial charge on any atom is -0.396 e. The van der Waals surface area contributed by atoms with Gasteiger partial charge in [0.15, 0.2) is 5.96 Å². The van der Waals surface area contributed by atoms with Gasteiger partial charge in [0.2, 0.25) is 0 Å². The third-order valence-corrected chi connectivity index (χ3v) is 6.21. The number of benzene rings is 1. The molecule has 0 amide bonds. The molecule has 8 heteroatoms. The second-order valence-corrected chi connectivity index (χ2v) is 8.65. The average Bonchev–Trinajstić information content (AvgIpc) is 3.22. The summed E-state index contributed by atoms with van der Waals surface area (Å²) >= 11 is 0. The average molecular weight is 546 g/mol. The maximum Gasteiger partial charge on any atom is 0.191 e. The molecular weight excluding hydrogens is 507 g/mol. The van der Waals surface area contributed by atoms with E-state index in [-0.39, 0.29) is 42.1 Å². The summed E-state index contributed by atoms with van der Waals surface area (Å²) < 4.78 is 5.58. The topological polar surface area (TPSA) is 89.4 Å². The molecule has 4 N–H and O–H groups in total. The molecule has 0 spiro atoms. The summed E-state index contributed by atoms with van der Waals surface area (Å²) in [5, 5.41) is 25.8. The smallest absolute Gasteiger partial charge is 0.191 e. The van der Waals surface area contributed by atoms with Gasteiger partial charge in [-0.2, -0.15) is 0 Å². The number of aliphatic hydroxyl groups excluding tert-OH is 2. The van der Waals surface area contributed by atoms with E-state index in [2.05, 4.69) is 46.7 Å². The highest BCUT2D eigenvalue weighted by Gasteiger charge is 2.34. The van der Waals surface area contributed by atoms with Crippen molar-refractivity contribution in [3.63, 3.8) is 0 Å². The maximum absolute atomic E-state index is 9.65. The van der Waals surface area contributed by atoms with Crippen LogP contribution in [0.2, 0.25) is 0 Å². The zero-order valence-corrected chi connectivity index (χ0v) is 21.0. The van der Waals surface area contributed by atoms with Crippen LogP contribution in [0.25, 0.3) is 0 Å². The first-order valence-electron chi connectivity index (χ1n) is 11.3. The Balaban J connectivity index is 0.00000341. The minimum atomic E-state index is -0.124. The van der Waals surface area contributed by atoms with Crippen LogP contribution in [0, 0.1) is 5.41 Å². The molecule has 31 heavy (non-hydrogen) atoms. The third kappa shape index (κ3) is 8.49. The molecule has 2 aliphatic rings. The summed E-state index contributed by atoms with van der Waals surface area (Å²) in [6.45, 7) is 8.75. The van der Waals surface area contributed by atoms with Crippen molar-refractivity contribution in [2.75, 3.05) is 46.0 Å². The van der Waals surface area contributed by atoms with Crippen molar-refractivity contribution in [3.8, 4) is 0 Å². The maximum atomic E-state index is 9.65. The lowest BCUT2D eigenvalue weighted by Crippen LogP contribution is -2.44. The Labute approximate surface area is 203 Å². The molecule has 2 fully saturated rings. The first-order chi connectivity index (χ1) is 14.6. The highest BCUT2D eigenvalue weighted by Crippen LogP contribution is 2.31. The standard InChI is InChI=1S/C23H38N4O3.HI/c1-2-24-22(26-17-23(9-13-28)10-14-30-18-23)25-15-19-3-5-20(6-4-19)16-27-11-7-21(29)8-12-27;/h3-6,21,28-29H,2,7-18H2,1H3,(H2,24,25,26);1H. The van der Waals surface area contributed by atoms with Crippen molar-refractivity contribution in [1.29, 1.82) is 0 Å². The van der Waals surface area contributed by atoms with E-state index in [1.165, 1.54) is 11.1 Å². The number of nitrogens with zero attached hydrogens (tertiary/aromatic N) is 2. The Morgan fingerprint density at radius 1 is 1.19 bits per heavy atom. The van der Waals surface area contributed by atoms with E-state index < -0.39 is 0 Å². The Morgan fingerprint density at radius 3 is 2.52 bits per heavy atom. The first-order valence-corrected chi connectivity index (χ1v) is 11.3. The molecule has 2 heterocycles. The van der Waals surface area contributed by atoms with Crippen LogP contribution in [0.15, 0.2) is 29.3 Å². The van der Waals surface area contributed by atoms with Crippen molar-refractivity contribution >= 4 is 29.9 Å². The molecule has 176 valence electrons. The summed E-state index contributed by atoms with van der Waals surface area (Å²) in [4.78, 5) is 7.15. The quantitative estimate of drug-likeness (QED) is 0.216. The van der Waals surface area contributed by atoms with Crippen LogP contribution in [0.3, 0.4) is 0 Å². The van der Waals surface area contributed by atoms with Crippen LogP contribution in [-0.4, -0.2) is 73.2 Å². The molecule has 2 saturated heterocycles. The lowest BCUT2D eigenvalue weighted by molar-refractivity contribution is 0.0792. The van der Waals surface area contributed by atoms with Crippen LogP contribution in [-0.2, 0) is 17.8 Å². The zero-order chi connectivity index (χ0) is 21.2. The molecule has 0 saturated carbocycles. The van der Waals surface area contributed by atoms with Gasteiger partial charge in [-0.25, -0.2) is 4.99 Å². The largest absolute Gasteiger partial charge is 0.396 e. The van der Waals surface area contributed by atoms with Gasteiger partial charge in [0.1, 0.15) is 0 Å². The van der Waals surface area contributed by atoms with Gasteiger partial charge in [0.05, 0.1) is 19.3 Å². The van der Waals surface area contributed by atoms with Gasteiger partial charge >= 0.3 is 0 Å². The third-order valence-electron chi connectivity index (χ3n) is 6.21. The fraction of sp³-hybridized carbons (Fsp3) is 0.696. The number of rotatable bonds is 9. The number of aliphatic hydroxyl groups is 2. The van der Waals surface area contributed by atoms with Crippen LogP contribution in [0.5, 0.6) is 0 Å². The van der Waals surface area contributed by atoms with Crippen molar-refractivity contribution in [2.45, 2.75) is 51.8 Å². The van der Waals surface area contributed by atoms with Crippen LogP contribution in [0.1, 0.15) is 43.7 Å². The second kappa shape index (κ2) is 13.6. The highest BCUT2D eigenvalue weighted by atomic mass is 127. The predicted molar refractivity (Wildman–Crippen MR) is 135 cm³/mol. The van der Waals surface area contributed by atoms with Gasteiger partial charge in [-0.15, -0.1) is 24.0 Å². The number of hydrogen-bond donors (Lipinski definition) is 4. The normalized spacial score (nSPS) is 22.9. The number of halogens is 1. The number of ether oxygens (including phenoxy) is 1. The Bertz CT molecular complexity index is 657. The van der Waals surface area contributed by atoms with Crippen molar-refractivity contribution < 1.29 is 14.9 Å². The molecule has 2 aliphatic heterocycles. The van der Waals surface area contributed by atoms with Crippen molar-refractivity contribution in [1.82, 2.24) is 15.5 Å². The molecule has 1 unspecified atom stereocenters. The van der Waals surface area contributed by atoms with E-state index in [1.54, 1.807) is 0 Å². The molecule has 1 aromatic carbocycles. The number of likely N-dealkylation sites (tertiary alicyclic amines) is 1. The van der Waals surface area contributed by atoms with Crippen LogP contribution >= 0.6 is 24.0 Å². The monoisotopic (exact) mass is 546 g/mol. The Hall–Kier alpha value is -0.940. The van der Waals surface area contributed by atoms with E-state index in [4.69, 9.17) is 9.73 Å². The number of hydrogen-bond acceptors (Lipinski definition) is 5. The fourth-order valence-electron chi connectivity index (χ4n) is 4.18. The highest BCUT2D eigenvalue weighted by molar-refractivity contribution is 14.0. The van der Waals surface area contributed by atoms with Gasteiger partial charge in [-0.05, 0) is 43.7 Å². The molecule has 0 aromatic heterocycles. The minimum absolute atomic E-state index is 0. The molecule has 1 atom stereocenters. The lowest BCUT2D eigenvalue weighted by atomic mass is 9.84. The Kier molecular flexibility index (Phi) is 11.5. The van der Waals surface area contributed by atoms with Crippen LogP contribution in [0.4, 0.5) is 0 Å².